The molecular weight excluding hydrogens is 288 g/mol. The zero-order chi connectivity index (χ0) is 14.8. The first-order valence-corrected chi connectivity index (χ1v) is 7.62. The summed E-state index contributed by atoms with van der Waals surface area (Å²) in [6, 6.07) is 1.60. The van der Waals surface area contributed by atoms with Crippen LogP contribution in [0, 0.1) is 0 Å². The maximum absolute atomic E-state index is 11.3. The van der Waals surface area contributed by atoms with Crippen LogP contribution in [-0.2, 0) is 13.0 Å². The lowest BCUT2D eigenvalue weighted by molar-refractivity contribution is 0.100. The third-order valence-electron chi connectivity index (χ3n) is 3.45. The summed E-state index contributed by atoms with van der Waals surface area (Å²) in [6.07, 6.45) is 5.88. The van der Waals surface area contributed by atoms with Crippen LogP contribution in [0.2, 0.25) is 0 Å². The Labute approximate surface area is 126 Å². The Morgan fingerprint density at radius 1 is 1.29 bits per heavy atom. The van der Waals surface area contributed by atoms with Crippen LogP contribution < -0.4 is 11.5 Å². The maximum Gasteiger partial charge on any atom is 0.250 e. The number of nitrogens with zero attached hydrogens (tertiary/aromatic N) is 4. The summed E-state index contributed by atoms with van der Waals surface area (Å²) in [5.41, 5.74) is 11.6. The van der Waals surface area contributed by atoms with Gasteiger partial charge in [0.1, 0.15) is 10.9 Å². The molecule has 3 heterocycles. The first-order chi connectivity index (χ1) is 10.1. The van der Waals surface area contributed by atoms with E-state index in [0.29, 0.717) is 5.03 Å². The van der Waals surface area contributed by atoms with E-state index < -0.39 is 5.91 Å². The Kier molecular flexibility index (Phi) is 3.78. The molecule has 0 atom stereocenters. The van der Waals surface area contributed by atoms with E-state index in [1.165, 1.54) is 24.4 Å². The molecule has 0 unspecified atom stereocenters. The molecule has 0 radical (unpaired) electrons. The van der Waals surface area contributed by atoms with Gasteiger partial charge in [-0.3, -0.25) is 4.79 Å². The second-order valence-electron chi connectivity index (χ2n) is 4.94. The molecule has 2 aromatic heterocycles. The molecule has 4 N–H and O–H groups in total. The number of nitrogen functional groups attached to an aromatic ring is 1. The van der Waals surface area contributed by atoms with Crippen molar-refractivity contribution in [3.63, 3.8) is 0 Å². The van der Waals surface area contributed by atoms with Crippen LogP contribution >= 0.6 is 11.8 Å². The van der Waals surface area contributed by atoms with E-state index in [1.54, 1.807) is 6.07 Å². The first-order valence-electron chi connectivity index (χ1n) is 6.80. The quantitative estimate of drug-likeness (QED) is 0.882. The molecule has 0 saturated carbocycles. The third kappa shape index (κ3) is 2.85. The van der Waals surface area contributed by atoms with E-state index in [2.05, 4.69) is 19.7 Å². The largest absolute Gasteiger partial charge is 0.397 e. The zero-order valence-corrected chi connectivity index (χ0v) is 12.3. The number of aromatic nitrogens is 4. The number of carbonyl (C=O) groups is 1. The molecule has 0 fully saturated rings. The van der Waals surface area contributed by atoms with Crippen LogP contribution in [0.3, 0.4) is 0 Å². The second kappa shape index (κ2) is 5.72. The summed E-state index contributed by atoms with van der Waals surface area (Å²) in [7, 11) is 0. The van der Waals surface area contributed by atoms with Crippen molar-refractivity contribution in [3.8, 4) is 0 Å². The number of fused-ring (bicyclic) bond motifs is 1. The van der Waals surface area contributed by atoms with E-state index in [4.69, 9.17) is 11.5 Å². The molecule has 110 valence electrons. The highest BCUT2D eigenvalue weighted by Crippen LogP contribution is 2.28. The minimum Gasteiger partial charge on any atom is -0.397 e. The molecule has 8 heteroatoms. The molecule has 1 aliphatic heterocycles. The van der Waals surface area contributed by atoms with Gasteiger partial charge in [0, 0.05) is 13.0 Å². The molecule has 1 aliphatic rings. The van der Waals surface area contributed by atoms with Crippen molar-refractivity contribution in [3.05, 3.63) is 23.7 Å². The molecule has 0 aliphatic carbocycles. The van der Waals surface area contributed by atoms with Gasteiger partial charge in [-0.25, -0.2) is 4.98 Å². The van der Waals surface area contributed by atoms with E-state index in [1.807, 2.05) is 0 Å². The van der Waals surface area contributed by atoms with Crippen LogP contribution in [0.5, 0.6) is 0 Å². The normalized spacial score (nSPS) is 14.5. The minimum absolute atomic E-state index is 0.281. The highest BCUT2D eigenvalue weighted by Gasteiger charge is 2.17. The summed E-state index contributed by atoms with van der Waals surface area (Å²) in [4.78, 5) is 15.5. The summed E-state index contributed by atoms with van der Waals surface area (Å²) in [5, 5.41) is 9.88. The van der Waals surface area contributed by atoms with Crippen molar-refractivity contribution in [2.24, 2.45) is 5.73 Å². The van der Waals surface area contributed by atoms with Crippen LogP contribution in [0.25, 0.3) is 0 Å². The summed E-state index contributed by atoms with van der Waals surface area (Å²) in [5.74, 6) is 0.456. The van der Waals surface area contributed by atoms with Crippen LogP contribution in [-0.4, -0.2) is 25.7 Å². The fourth-order valence-corrected chi connectivity index (χ4v) is 3.20. The molecule has 3 rings (SSSR count). The minimum atomic E-state index is -0.558. The lowest BCUT2D eigenvalue weighted by atomic mass is 10.2. The fourth-order valence-electron chi connectivity index (χ4n) is 2.34. The number of aryl methyl sites for hydroxylation is 1. The van der Waals surface area contributed by atoms with Crippen molar-refractivity contribution < 1.29 is 4.79 Å². The zero-order valence-electron chi connectivity index (χ0n) is 11.5. The molecule has 1 amide bonds. The first kappa shape index (κ1) is 13.9. The number of rotatable bonds is 3. The van der Waals surface area contributed by atoms with Crippen molar-refractivity contribution in [2.45, 2.75) is 42.4 Å². The SMILES string of the molecule is NC(=O)c1cc(Sc2nnc3n2CCCCC3)ncc1N. The predicted octanol–water partition coefficient (Wildman–Crippen LogP) is 1.23. The van der Waals surface area contributed by atoms with Gasteiger partial charge in [0.25, 0.3) is 5.91 Å². The number of carbonyl (C=O) groups excluding carboxylic acids is 1. The molecule has 2 aromatic rings. The number of primary amides is 1. The van der Waals surface area contributed by atoms with Gasteiger partial charge in [-0.1, -0.05) is 6.42 Å². The van der Waals surface area contributed by atoms with Gasteiger partial charge < -0.3 is 16.0 Å². The topological polar surface area (TPSA) is 113 Å². The fraction of sp³-hybridized carbons (Fsp3) is 0.385. The lowest BCUT2D eigenvalue weighted by Crippen LogP contribution is -2.14. The van der Waals surface area contributed by atoms with Crippen LogP contribution in [0.15, 0.2) is 22.4 Å². The average Bonchev–Trinajstić information content (AvgIpc) is 2.69. The van der Waals surface area contributed by atoms with Gasteiger partial charge >= 0.3 is 0 Å². The van der Waals surface area contributed by atoms with Crippen molar-refractivity contribution in [1.82, 2.24) is 19.7 Å². The molecule has 0 aromatic carbocycles. The number of amides is 1. The lowest BCUT2D eigenvalue weighted by Gasteiger charge is -2.07. The van der Waals surface area contributed by atoms with Gasteiger partial charge in [0.2, 0.25) is 0 Å². The second-order valence-corrected chi connectivity index (χ2v) is 5.92. The number of hydrogen-bond donors (Lipinski definition) is 2. The third-order valence-corrected chi connectivity index (χ3v) is 4.36. The van der Waals surface area contributed by atoms with E-state index in [9.17, 15) is 4.79 Å². The standard InChI is InChI=1S/C13H16N6OS/c14-9-7-16-11(6-8(9)12(15)20)21-13-18-17-10-4-2-1-3-5-19(10)13/h6-7H,1-5,14H2,(H2,15,20). The molecule has 0 bridgehead atoms. The van der Waals surface area contributed by atoms with Gasteiger partial charge in [0.05, 0.1) is 17.4 Å². The predicted molar refractivity (Wildman–Crippen MR) is 78.9 cm³/mol. The van der Waals surface area contributed by atoms with Gasteiger partial charge in [-0.05, 0) is 30.7 Å². The van der Waals surface area contributed by atoms with Gasteiger partial charge in [-0.15, -0.1) is 10.2 Å². The Hall–Kier alpha value is -2.09. The smallest absolute Gasteiger partial charge is 0.250 e. The molecule has 0 spiro atoms. The van der Waals surface area contributed by atoms with Crippen LogP contribution in [0.1, 0.15) is 35.4 Å². The Morgan fingerprint density at radius 3 is 2.95 bits per heavy atom. The highest BCUT2D eigenvalue weighted by molar-refractivity contribution is 7.99. The van der Waals surface area contributed by atoms with Crippen molar-refractivity contribution >= 4 is 23.4 Å². The van der Waals surface area contributed by atoms with E-state index in [-0.39, 0.29) is 11.3 Å². The monoisotopic (exact) mass is 304 g/mol. The summed E-state index contributed by atoms with van der Waals surface area (Å²) < 4.78 is 2.12. The van der Waals surface area contributed by atoms with E-state index >= 15 is 0 Å². The summed E-state index contributed by atoms with van der Waals surface area (Å²) in [6.45, 7) is 0.919. The maximum atomic E-state index is 11.3. The highest BCUT2D eigenvalue weighted by atomic mass is 32.2. The average molecular weight is 304 g/mol. The molecular formula is C13H16N6OS. The molecule has 0 saturated heterocycles. The van der Waals surface area contributed by atoms with E-state index in [0.717, 1.165) is 36.8 Å². The Balaban J connectivity index is 1.89. The van der Waals surface area contributed by atoms with Crippen LogP contribution in [0.4, 0.5) is 5.69 Å². The van der Waals surface area contributed by atoms with Gasteiger partial charge in [-0.2, -0.15) is 0 Å². The number of pyridine rings is 1. The molecule has 7 nitrogen and oxygen atoms in total. The van der Waals surface area contributed by atoms with Crippen molar-refractivity contribution in [2.75, 3.05) is 5.73 Å². The Bertz CT molecular complexity index is 683. The molecule has 21 heavy (non-hydrogen) atoms. The number of anilines is 1. The number of nitrogens with two attached hydrogens (primary N) is 2. The number of hydrogen-bond acceptors (Lipinski definition) is 6. The van der Waals surface area contributed by atoms with Crippen molar-refractivity contribution in [1.29, 1.82) is 0 Å². The summed E-state index contributed by atoms with van der Waals surface area (Å²) >= 11 is 1.37. The Morgan fingerprint density at radius 2 is 2.14 bits per heavy atom. The van der Waals surface area contributed by atoms with Gasteiger partial charge in [0.15, 0.2) is 5.16 Å².